The summed E-state index contributed by atoms with van der Waals surface area (Å²) in [5.74, 6) is -0.242. The number of aromatic nitrogens is 3. The van der Waals surface area contributed by atoms with Crippen LogP contribution in [0.15, 0.2) is 42.7 Å². The Kier molecular flexibility index (Phi) is 3.99. The van der Waals surface area contributed by atoms with E-state index in [1.807, 2.05) is 12.1 Å². The quantitative estimate of drug-likeness (QED) is 0.754. The SMILES string of the molecule is O=C(O)c1ccc2ncc(-c3ccnc(N4CCNCC4)n3)cc2c1. The summed E-state index contributed by atoms with van der Waals surface area (Å²) in [5, 5.41) is 13.2. The predicted molar refractivity (Wildman–Crippen MR) is 94.8 cm³/mol. The molecule has 1 aliphatic heterocycles. The van der Waals surface area contributed by atoms with Crippen molar-refractivity contribution in [3.63, 3.8) is 0 Å². The lowest BCUT2D eigenvalue weighted by Gasteiger charge is -2.27. The Labute approximate surface area is 144 Å². The van der Waals surface area contributed by atoms with E-state index in [1.165, 1.54) is 0 Å². The number of carboxylic acid groups (broad SMARTS) is 1. The third-order valence-electron chi connectivity index (χ3n) is 4.27. The normalized spacial score (nSPS) is 14.6. The van der Waals surface area contributed by atoms with Crippen molar-refractivity contribution in [3.8, 4) is 11.3 Å². The molecule has 2 N–H and O–H groups in total. The van der Waals surface area contributed by atoms with Gasteiger partial charge in [-0.3, -0.25) is 4.98 Å². The van der Waals surface area contributed by atoms with Gasteiger partial charge in [0.05, 0.1) is 16.8 Å². The van der Waals surface area contributed by atoms with E-state index in [0.717, 1.165) is 48.3 Å². The summed E-state index contributed by atoms with van der Waals surface area (Å²) in [6, 6.07) is 8.67. The largest absolute Gasteiger partial charge is 0.478 e. The van der Waals surface area contributed by atoms with Crippen LogP contribution >= 0.6 is 0 Å². The minimum Gasteiger partial charge on any atom is -0.478 e. The third kappa shape index (κ3) is 3.14. The second kappa shape index (κ2) is 6.45. The van der Waals surface area contributed by atoms with E-state index in [2.05, 4.69) is 25.2 Å². The molecule has 0 aliphatic carbocycles. The van der Waals surface area contributed by atoms with E-state index in [9.17, 15) is 4.79 Å². The molecule has 4 rings (SSSR count). The molecule has 2 aromatic heterocycles. The van der Waals surface area contributed by atoms with Crippen LogP contribution in [0.3, 0.4) is 0 Å². The summed E-state index contributed by atoms with van der Waals surface area (Å²) in [7, 11) is 0. The zero-order valence-corrected chi connectivity index (χ0v) is 13.5. The van der Waals surface area contributed by atoms with Crippen LogP contribution in [0.5, 0.6) is 0 Å². The molecule has 25 heavy (non-hydrogen) atoms. The average molecular weight is 335 g/mol. The molecular weight excluding hydrogens is 318 g/mol. The number of hydrogen-bond donors (Lipinski definition) is 2. The Balaban J connectivity index is 1.72. The molecule has 1 saturated heterocycles. The lowest BCUT2D eigenvalue weighted by atomic mass is 10.1. The van der Waals surface area contributed by atoms with Crippen molar-refractivity contribution < 1.29 is 9.90 Å². The molecule has 126 valence electrons. The fraction of sp³-hybridized carbons (Fsp3) is 0.222. The molecule has 3 heterocycles. The first-order valence-electron chi connectivity index (χ1n) is 8.13. The topological polar surface area (TPSA) is 91.2 Å². The Bertz CT molecular complexity index is 938. The summed E-state index contributed by atoms with van der Waals surface area (Å²) >= 11 is 0. The summed E-state index contributed by atoms with van der Waals surface area (Å²) in [4.78, 5) is 26.8. The van der Waals surface area contributed by atoms with Gasteiger partial charge < -0.3 is 15.3 Å². The number of anilines is 1. The van der Waals surface area contributed by atoms with E-state index in [4.69, 9.17) is 5.11 Å². The molecule has 0 atom stereocenters. The highest BCUT2D eigenvalue weighted by Crippen LogP contribution is 2.23. The highest BCUT2D eigenvalue weighted by molar-refractivity contribution is 5.94. The number of carbonyl (C=O) groups is 1. The van der Waals surface area contributed by atoms with Crippen LogP contribution in [0.1, 0.15) is 10.4 Å². The molecule has 7 nitrogen and oxygen atoms in total. The van der Waals surface area contributed by atoms with Gasteiger partial charge in [0.25, 0.3) is 0 Å². The van der Waals surface area contributed by atoms with Crippen molar-refractivity contribution in [2.75, 3.05) is 31.1 Å². The Hall–Kier alpha value is -3.06. The van der Waals surface area contributed by atoms with Gasteiger partial charge in [-0.2, -0.15) is 0 Å². The van der Waals surface area contributed by atoms with E-state index in [1.54, 1.807) is 30.6 Å². The van der Waals surface area contributed by atoms with Crippen LogP contribution < -0.4 is 10.2 Å². The minimum absolute atomic E-state index is 0.246. The fourth-order valence-electron chi connectivity index (χ4n) is 2.93. The Morgan fingerprint density at radius 1 is 1.12 bits per heavy atom. The smallest absolute Gasteiger partial charge is 0.335 e. The van der Waals surface area contributed by atoms with E-state index in [-0.39, 0.29) is 5.56 Å². The number of piperazine rings is 1. The number of aromatic carboxylic acids is 1. The molecule has 1 aromatic carbocycles. The maximum atomic E-state index is 11.2. The van der Waals surface area contributed by atoms with E-state index < -0.39 is 5.97 Å². The van der Waals surface area contributed by atoms with Crippen molar-refractivity contribution in [1.29, 1.82) is 0 Å². The van der Waals surface area contributed by atoms with Gasteiger partial charge in [0.15, 0.2) is 0 Å². The lowest BCUT2D eigenvalue weighted by Crippen LogP contribution is -2.44. The van der Waals surface area contributed by atoms with Crippen LogP contribution in [-0.4, -0.2) is 52.2 Å². The first kappa shape index (κ1) is 15.5. The van der Waals surface area contributed by atoms with Crippen molar-refractivity contribution in [2.24, 2.45) is 0 Å². The van der Waals surface area contributed by atoms with Crippen molar-refractivity contribution >= 4 is 22.8 Å². The van der Waals surface area contributed by atoms with Crippen molar-refractivity contribution in [3.05, 3.63) is 48.3 Å². The van der Waals surface area contributed by atoms with Gasteiger partial charge in [-0.1, -0.05) is 0 Å². The van der Waals surface area contributed by atoms with Crippen molar-refractivity contribution in [1.82, 2.24) is 20.3 Å². The maximum absolute atomic E-state index is 11.2. The summed E-state index contributed by atoms with van der Waals surface area (Å²) in [6.07, 6.45) is 3.50. The minimum atomic E-state index is -0.949. The van der Waals surface area contributed by atoms with Gasteiger partial charge in [-0.05, 0) is 30.3 Å². The standard InChI is InChI=1S/C18H17N5O2/c24-17(25)12-1-2-15-13(9-12)10-14(11-21-15)16-3-4-20-18(22-16)23-7-5-19-6-8-23/h1-4,9-11,19H,5-8H2,(H,24,25). The van der Waals surface area contributed by atoms with E-state index >= 15 is 0 Å². The number of fused-ring (bicyclic) bond motifs is 1. The number of nitrogens with one attached hydrogen (secondary N) is 1. The van der Waals surface area contributed by atoms with Gasteiger partial charge in [-0.15, -0.1) is 0 Å². The highest BCUT2D eigenvalue weighted by atomic mass is 16.4. The summed E-state index contributed by atoms with van der Waals surface area (Å²) in [5.41, 5.74) is 2.62. The molecular formula is C18H17N5O2. The zero-order valence-electron chi connectivity index (χ0n) is 13.5. The number of nitrogens with zero attached hydrogens (tertiary/aromatic N) is 4. The van der Waals surface area contributed by atoms with Gasteiger partial charge in [0.1, 0.15) is 0 Å². The van der Waals surface area contributed by atoms with Gasteiger partial charge in [-0.25, -0.2) is 14.8 Å². The van der Waals surface area contributed by atoms with Crippen LogP contribution in [0.2, 0.25) is 0 Å². The highest BCUT2D eigenvalue weighted by Gasteiger charge is 2.14. The van der Waals surface area contributed by atoms with Crippen LogP contribution in [0.25, 0.3) is 22.2 Å². The third-order valence-corrected chi connectivity index (χ3v) is 4.27. The molecule has 0 bridgehead atoms. The molecule has 0 spiro atoms. The molecule has 1 fully saturated rings. The molecule has 7 heteroatoms. The Morgan fingerprint density at radius 3 is 2.76 bits per heavy atom. The van der Waals surface area contributed by atoms with Gasteiger partial charge in [0, 0.05) is 49.5 Å². The number of benzene rings is 1. The lowest BCUT2D eigenvalue weighted by molar-refractivity contribution is 0.0697. The zero-order chi connectivity index (χ0) is 17.2. The van der Waals surface area contributed by atoms with Crippen LogP contribution in [0.4, 0.5) is 5.95 Å². The number of hydrogen-bond acceptors (Lipinski definition) is 6. The second-order valence-corrected chi connectivity index (χ2v) is 5.92. The van der Waals surface area contributed by atoms with Crippen LogP contribution in [0, 0.1) is 0 Å². The number of pyridine rings is 1. The summed E-state index contributed by atoms with van der Waals surface area (Å²) < 4.78 is 0. The first-order valence-corrected chi connectivity index (χ1v) is 8.13. The Morgan fingerprint density at radius 2 is 1.96 bits per heavy atom. The summed E-state index contributed by atoms with van der Waals surface area (Å²) in [6.45, 7) is 3.59. The van der Waals surface area contributed by atoms with Crippen LogP contribution in [-0.2, 0) is 0 Å². The molecule has 0 unspecified atom stereocenters. The monoisotopic (exact) mass is 335 g/mol. The first-order chi connectivity index (χ1) is 12.2. The maximum Gasteiger partial charge on any atom is 0.335 e. The number of carboxylic acids is 1. The molecule has 1 aliphatic rings. The molecule has 0 radical (unpaired) electrons. The molecule has 3 aromatic rings. The average Bonchev–Trinajstić information content (AvgIpc) is 2.68. The van der Waals surface area contributed by atoms with Crippen molar-refractivity contribution in [2.45, 2.75) is 0 Å². The fourth-order valence-corrected chi connectivity index (χ4v) is 2.93. The number of rotatable bonds is 3. The molecule has 0 saturated carbocycles. The van der Waals surface area contributed by atoms with Gasteiger partial charge >= 0.3 is 5.97 Å². The predicted octanol–water partition coefficient (Wildman–Crippen LogP) is 1.80. The van der Waals surface area contributed by atoms with E-state index in [0.29, 0.717) is 5.95 Å². The second-order valence-electron chi connectivity index (χ2n) is 5.92. The van der Waals surface area contributed by atoms with Gasteiger partial charge in [0.2, 0.25) is 5.95 Å². The molecule has 0 amide bonds.